The topological polar surface area (TPSA) is 0 Å². The van der Waals surface area contributed by atoms with E-state index in [0.29, 0.717) is 0 Å². The van der Waals surface area contributed by atoms with Gasteiger partial charge in [0.2, 0.25) is 0 Å². The van der Waals surface area contributed by atoms with Gasteiger partial charge in [-0.05, 0) is 0 Å². The van der Waals surface area contributed by atoms with E-state index in [4.69, 9.17) is 0 Å². The van der Waals surface area contributed by atoms with Gasteiger partial charge in [-0.1, -0.05) is 39.5 Å². The molecule has 0 unspecified atom stereocenters. The lowest BCUT2D eigenvalue weighted by atomic mass is 10.2. The minimum atomic E-state index is 0. The molecule has 0 nitrogen and oxygen atoms in total. The van der Waals surface area contributed by atoms with Crippen LogP contribution in [0.4, 0.5) is 0 Å². The van der Waals surface area contributed by atoms with Crippen molar-refractivity contribution in [3.8, 4) is 0 Å². The van der Waals surface area contributed by atoms with Gasteiger partial charge in [0.1, 0.15) is 0 Å². The van der Waals surface area contributed by atoms with Crippen LogP contribution in [-0.2, 0) is 0 Å². The van der Waals surface area contributed by atoms with Gasteiger partial charge in [-0.25, -0.2) is 0 Å². The third kappa shape index (κ3) is 33.9. The van der Waals surface area contributed by atoms with Gasteiger partial charge in [0.05, 0.1) is 8.41 Å². The first-order valence-corrected chi connectivity index (χ1v) is 2.91. The van der Waals surface area contributed by atoms with Crippen LogP contribution in [-0.4, -0.2) is 8.41 Å². The van der Waals surface area contributed by atoms with E-state index in [0.717, 1.165) is 0 Å². The summed E-state index contributed by atoms with van der Waals surface area (Å²) in [5.41, 5.74) is 0. The van der Waals surface area contributed by atoms with Gasteiger partial charge in [-0.2, -0.15) is 0 Å². The fourth-order valence-corrected chi connectivity index (χ4v) is 0.500. The van der Waals surface area contributed by atoms with Gasteiger partial charge in [0.25, 0.3) is 0 Å². The van der Waals surface area contributed by atoms with Crippen molar-refractivity contribution in [3.63, 3.8) is 0 Å². The van der Waals surface area contributed by atoms with E-state index in [1.807, 2.05) is 0 Å². The zero-order valence-electron chi connectivity index (χ0n) is 6.05. The number of unbranched alkanes of at least 4 members (excludes halogenated alkanes) is 3. The fourth-order valence-electron chi connectivity index (χ4n) is 0.500. The highest BCUT2D eigenvalue weighted by Crippen LogP contribution is 1.95. The lowest BCUT2D eigenvalue weighted by Gasteiger charge is -1.86. The molecule has 0 aliphatic heterocycles. The molecule has 0 radical (unpaired) electrons. The molecule has 0 N–H and O–H groups in total. The Morgan fingerprint density at radius 3 is 1.00 bits per heavy atom. The average molecular weight is 343 g/mol. The van der Waals surface area contributed by atoms with Crippen LogP contribution in [0.15, 0.2) is 0 Å². The maximum absolute atomic E-state index is 2.23. The first-order chi connectivity index (χ1) is 2.91. The Morgan fingerprint density at radius 2 is 0.900 bits per heavy atom. The molecule has 0 aromatic rings. The van der Waals surface area contributed by atoms with Crippen LogP contribution in [0, 0.1) is 0 Å². The van der Waals surface area contributed by atoms with Gasteiger partial charge in [0.15, 0.2) is 0 Å². The van der Waals surface area contributed by atoms with Crippen LogP contribution in [0.2, 0.25) is 0 Å². The van der Waals surface area contributed by atoms with Crippen LogP contribution < -0.4 is 0 Å². The van der Waals surface area contributed by atoms with Crippen molar-refractivity contribution in [1.82, 2.24) is 0 Å². The predicted octanol–water partition coefficient (Wildman–Crippen LogP) is 3.14. The number of rotatable bonds is 3. The Bertz CT molecular complexity index is 25.0. The van der Waals surface area contributed by atoms with E-state index in [1.54, 1.807) is 0 Å². The molecule has 0 aliphatic carbocycles. The molecule has 0 rings (SSSR count). The Morgan fingerprint density at radius 1 is 0.700 bits per heavy atom. The molecular weight excluding hydrogens is 323 g/mol. The lowest BCUT2D eigenvalue weighted by molar-refractivity contribution is 0.702. The molecule has 0 amide bonds. The maximum atomic E-state index is 2.23. The first kappa shape index (κ1) is 30.0. The highest BCUT2D eigenvalue weighted by molar-refractivity contribution is 8.93. The van der Waals surface area contributed by atoms with Crippen LogP contribution >= 0.6 is 50.9 Å². The summed E-state index contributed by atoms with van der Waals surface area (Å²) >= 11 is 0. The third-order valence-electron chi connectivity index (χ3n) is 0.957. The van der Waals surface area contributed by atoms with Crippen molar-refractivity contribution in [2.45, 2.75) is 39.5 Å². The van der Waals surface area contributed by atoms with Crippen molar-refractivity contribution < 1.29 is 0 Å². The smallest absolute Gasteiger partial charge is 0.0814 e. The maximum Gasteiger partial charge on any atom is 0.0814 e. The molecule has 0 bridgehead atoms. The summed E-state index contributed by atoms with van der Waals surface area (Å²) in [7, 11) is 0. The Balaban J connectivity index is -0.0000000208. The average Bonchev–Trinajstić information content (AvgIpc) is 1.61. The Labute approximate surface area is 98.4 Å². The largest absolute Gasteiger partial charge is 0.114 e. The zero-order chi connectivity index (χ0) is 4.83. The van der Waals surface area contributed by atoms with E-state index in [2.05, 4.69) is 13.8 Å². The van der Waals surface area contributed by atoms with Crippen LogP contribution in [0.25, 0.3) is 0 Å². The Kier molecular flexibility index (Phi) is 94.0. The minimum absolute atomic E-state index is 0. The third-order valence-corrected chi connectivity index (χ3v) is 0.957. The molecule has 0 aliphatic rings. The van der Waals surface area contributed by atoms with E-state index < -0.39 is 0 Å². The van der Waals surface area contributed by atoms with Gasteiger partial charge in [-0.3, -0.25) is 0 Å². The summed E-state index contributed by atoms with van der Waals surface area (Å²) in [6.45, 7) is 4.46. The SMILES string of the molecule is B.Br.Br.Br.CCCCCC. The first-order valence-electron chi connectivity index (χ1n) is 2.91. The van der Waals surface area contributed by atoms with Crippen molar-refractivity contribution in [2.24, 2.45) is 0 Å². The predicted molar refractivity (Wildman–Crippen MR) is 70.7 cm³/mol. The molecule has 4 heteroatoms. The number of hydrogen-bond donors (Lipinski definition) is 0. The monoisotopic (exact) mass is 340 g/mol. The van der Waals surface area contributed by atoms with Gasteiger partial charge >= 0.3 is 0 Å². The van der Waals surface area contributed by atoms with Crippen LogP contribution in [0.5, 0.6) is 0 Å². The van der Waals surface area contributed by atoms with Crippen molar-refractivity contribution in [2.75, 3.05) is 0 Å². The van der Waals surface area contributed by atoms with Gasteiger partial charge in [0, 0.05) is 0 Å². The number of halogens is 3. The van der Waals surface area contributed by atoms with Crippen molar-refractivity contribution in [1.29, 1.82) is 0 Å². The van der Waals surface area contributed by atoms with Crippen LogP contribution in [0.3, 0.4) is 0 Å². The van der Waals surface area contributed by atoms with E-state index in [-0.39, 0.29) is 59.4 Å². The summed E-state index contributed by atoms with van der Waals surface area (Å²) in [5, 5.41) is 0. The summed E-state index contributed by atoms with van der Waals surface area (Å²) in [6.07, 6.45) is 5.54. The molecule has 0 saturated carbocycles. The van der Waals surface area contributed by atoms with Crippen LogP contribution in [0.1, 0.15) is 39.5 Å². The van der Waals surface area contributed by atoms with Crippen molar-refractivity contribution in [3.05, 3.63) is 0 Å². The number of hydrogen-bond acceptors (Lipinski definition) is 0. The summed E-state index contributed by atoms with van der Waals surface area (Å²) in [5.74, 6) is 0. The highest BCUT2D eigenvalue weighted by Gasteiger charge is 1.75. The second-order valence-corrected chi connectivity index (χ2v) is 1.71. The molecule has 0 fully saturated rings. The summed E-state index contributed by atoms with van der Waals surface area (Å²) < 4.78 is 0. The Hall–Kier alpha value is 1.50. The van der Waals surface area contributed by atoms with Crippen molar-refractivity contribution >= 4 is 59.4 Å². The molecule has 68 valence electrons. The highest BCUT2D eigenvalue weighted by atomic mass is 79.9. The zero-order valence-corrected chi connectivity index (χ0v) is 11.2. The van der Waals surface area contributed by atoms with E-state index >= 15 is 0 Å². The van der Waals surface area contributed by atoms with Gasteiger partial charge < -0.3 is 0 Å². The minimum Gasteiger partial charge on any atom is -0.114 e. The van der Waals surface area contributed by atoms with E-state index in [9.17, 15) is 0 Å². The second-order valence-electron chi connectivity index (χ2n) is 1.71. The molecule has 0 atom stereocenters. The molecule has 0 saturated heterocycles. The molecule has 0 spiro atoms. The lowest BCUT2D eigenvalue weighted by Crippen LogP contribution is -1.66. The summed E-state index contributed by atoms with van der Waals surface area (Å²) in [4.78, 5) is 0. The molecule has 0 heterocycles. The second kappa shape index (κ2) is 31.3. The summed E-state index contributed by atoms with van der Waals surface area (Å²) in [6, 6.07) is 0. The molecule has 10 heavy (non-hydrogen) atoms. The normalized spacial score (nSPS) is 5.40. The fraction of sp³-hybridized carbons (Fsp3) is 1.00. The molecule has 0 aromatic carbocycles. The van der Waals surface area contributed by atoms with E-state index in [1.165, 1.54) is 25.7 Å². The molecular formula is C6H20BBr3. The standard InChI is InChI=1S/C6H14.BH3.3BrH/c1-3-5-6-4-2;;;;/h3-6H2,1-2H3;1H3;3*1H. The molecule has 0 aromatic heterocycles. The quantitative estimate of drug-likeness (QED) is 0.546. The van der Waals surface area contributed by atoms with Gasteiger partial charge in [-0.15, -0.1) is 50.9 Å².